The predicted molar refractivity (Wildman–Crippen MR) is 75.8 cm³/mol. The van der Waals surface area contributed by atoms with Crippen molar-refractivity contribution < 1.29 is 0 Å². The topological polar surface area (TPSA) is 29.9 Å². The number of nitrogens with one attached hydrogen (secondary N) is 1. The minimum atomic E-state index is 0.807. The molecule has 0 aromatic carbocycles. The van der Waals surface area contributed by atoms with Gasteiger partial charge in [-0.3, -0.25) is 4.68 Å². The van der Waals surface area contributed by atoms with Gasteiger partial charge in [0.05, 0.1) is 16.4 Å². The van der Waals surface area contributed by atoms with Crippen LogP contribution in [0.2, 0.25) is 5.02 Å². The first-order valence-corrected chi connectivity index (χ1v) is 7.34. The SMILES string of the molecule is Cc1nn(C)c(CNCC2CCCC(C)C2)c1Cl. The van der Waals surface area contributed by atoms with Crippen LogP contribution in [0, 0.1) is 18.8 Å². The number of rotatable bonds is 4. The van der Waals surface area contributed by atoms with Crippen molar-refractivity contribution in [3.63, 3.8) is 0 Å². The number of hydrogen-bond acceptors (Lipinski definition) is 2. The largest absolute Gasteiger partial charge is 0.311 e. The average molecular weight is 270 g/mol. The second kappa shape index (κ2) is 6.07. The van der Waals surface area contributed by atoms with E-state index < -0.39 is 0 Å². The Labute approximate surface area is 115 Å². The lowest BCUT2D eigenvalue weighted by Gasteiger charge is -2.26. The summed E-state index contributed by atoms with van der Waals surface area (Å²) in [5, 5.41) is 8.68. The van der Waals surface area contributed by atoms with Gasteiger partial charge in [-0.1, -0.05) is 31.4 Å². The van der Waals surface area contributed by atoms with Gasteiger partial charge in [-0.25, -0.2) is 0 Å². The van der Waals surface area contributed by atoms with Crippen LogP contribution in [-0.4, -0.2) is 16.3 Å². The molecular formula is C14H24ClN3. The lowest BCUT2D eigenvalue weighted by atomic mass is 9.82. The minimum Gasteiger partial charge on any atom is -0.311 e. The van der Waals surface area contributed by atoms with E-state index in [0.717, 1.165) is 41.3 Å². The van der Waals surface area contributed by atoms with Gasteiger partial charge in [-0.05, 0) is 38.1 Å². The Morgan fingerprint density at radius 1 is 1.44 bits per heavy atom. The Hall–Kier alpha value is -0.540. The third kappa shape index (κ3) is 3.27. The van der Waals surface area contributed by atoms with Crippen LogP contribution in [0.15, 0.2) is 0 Å². The molecule has 0 bridgehead atoms. The zero-order valence-corrected chi connectivity index (χ0v) is 12.4. The highest BCUT2D eigenvalue weighted by molar-refractivity contribution is 6.31. The lowest BCUT2D eigenvalue weighted by molar-refractivity contribution is 0.273. The molecule has 1 fully saturated rings. The Bertz CT molecular complexity index is 400. The summed E-state index contributed by atoms with van der Waals surface area (Å²) < 4.78 is 1.88. The van der Waals surface area contributed by atoms with Crippen LogP contribution in [0.3, 0.4) is 0 Å². The van der Waals surface area contributed by atoms with Crippen molar-refractivity contribution in [2.24, 2.45) is 18.9 Å². The smallest absolute Gasteiger partial charge is 0.0860 e. The van der Waals surface area contributed by atoms with Crippen molar-refractivity contribution in [3.8, 4) is 0 Å². The average Bonchev–Trinajstić information content (AvgIpc) is 2.56. The van der Waals surface area contributed by atoms with Crippen LogP contribution in [0.25, 0.3) is 0 Å². The van der Waals surface area contributed by atoms with E-state index in [2.05, 4.69) is 17.3 Å². The van der Waals surface area contributed by atoms with E-state index in [4.69, 9.17) is 11.6 Å². The fraction of sp³-hybridized carbons (Fsp3) is 0.786. The van der Waals surface area contributed by atoms with Gasteiger partial charge in [0.2, 0.25) is 0 Å². The van der Waals surface area contributed by atoms with Gasteiger partial charge in [0.25, 0.3) is 0 Å². The second-order valence-corrected chi connectivity index (χ2v) is 6.12. The molecule has 2 unspecified atom stereocenters. The molecule has 1 aromatic rings. The number of aromatic nitrogens is 2. The van der Waals surface area contributed by atoms with E-state index in [1.54, 1.807) is 0 Å². The highest BCUT2D eigenvalue weighted by atomic mass is 35.5. The maximum Gasteiger partial charge on any atom is 0.0860 e. The van der Waals surface area contributed by atoms with Crippen molar-refractivity contribution in [1.29, 1.82) is 0 Å². The molecule has 1 saturated carbocycles. The van der Waals surface area contributed by atoms with Crippen molar-refractivity contribution in [2.45, 2.75) is 46.1 Å². The molecule has 1 heterocycles. The predicted octanol–water partition coefficient (Wildman–Crippen LogP) is 3.30. The van der Waals surface area contributed by atoms with E-state index >= 15 is 0 Å². The van der Waals surface area contributed by atoms with Gasteiger partial charge in [0.15, 0.2) is 0 Å². The summed E-state index contributed by atoms with van der Waals surface area (Å²) in [6, 6.07) is 0. The van der Waals surface area contributed by atoms with Crippen LogP contribution >= 0.6 is 11.6 Å². The maximum atomic E-state index is 6.24. The van der Waals surface area contributed by atoms with Crippen molar-refractivity contribution in [1.82, 2.24) is 15.1 Å². The Morgan fingerprint density at radius 3 is 2.83 bits per heavy atom. The fourth-order valence-electron chi connectivity index (χ4n) is 3.01. The molecule has 0 amide bonds. The molecule has 102 valence electrons. The standard InChI is InChI=1S/C14H24ClN3/c1-10-5-4-6-12(7-10)8-16-9-13-14(15)11(2)17-18(13)3/h10,12,16H,4-9H2,1-3H3. The van der Waals surface area contributed by atoms with E-state index in [-0.39, 0.29) is 0 Å². The minimum absolute atomic E-state index is 0.807. The number of nitrogens with zero attached hydrogens (tertiary/aromatic N) is 2. The number of aryl methyl sites for hydroxylation is 2. The first-order chi connectivity index (χ1) is 8.58. The van der Waals surface area contributed by atoms with Gasteiger partial charge < -0.3 is 5.32 Å². The normalized spacial score (nSPS) is 24.4. The Morgan fingerprint density at radius 2 is 2.22 bits per heavy atom. The van der Waals surface area contributed by atoms with Gasteiger partial charge in [-0.15, -0.1) is 0 Å². The third-order valence-electron chi connectivity index (χ3n) is 4.03. The van der Waals surface area contributed by atoms with Gasteiger partial charge >= 0.3 is 0 Å². The molecule has 0 saturated heterocycles. The maximum absolute atomic E-state index is 6.24. The molecule has 0 spiro atoms. The second-order valence-electron chi connectivity index (χ2n) is 5.74. The van der Waals surface area contributed by atoms with Crippen LogP contribution in [0.1, 0.15) is 44.0 Å². The Kier molecular flexibility index (Phi) is 4.68. The summed E-state index contributed by atoms with van der Waals surface area (Å²) in [5.74, 6) is 1.73. The van der Waals surface area contributed by atoms with E-state index in [0.29, 0.717) is 0 Å². The van der Waals surface area contributed by atoms with Crippen molar-refractivity contribution in [2.75, 3.05) is 6.54 Å². The molecule has 0 radical (unpaired) electrons. The summed E-state index contributed by atoms with van der Waals surface area (Å²) in [5.41, 5.74) is 2.01. The van der Waals surface area contributed by atoms with Gasteiger partial charge in [0, 0.05) is 13.6 Å². The lowest BCUT2D eigenvalue weighted by Crippen LogP contribution is -2.27. The van der Waals surface area contributed by atoms with Gasteiger partial charge in [0.1, 0.15) is 0 Å². The summed E-state index contributed by atoms with van der Waals surface area (Å²) in [7, 11) is 1.96. The summed E-state index contributed by atoms with van der Waals surface area (Å²) >= 11 is 6.24. The van der Waals surface area contributed by atoms with E-state index in [1.165, 1.54) is 25.7 Å². The summed E-state index contributed by atoms with van der Waals surface area (Å²) in [6.07, 6.45) is 5.53. The van der Waals surface area contributed by atoms with Crippen molar-refractivity contribution in [3.05, 3.63) is 16.4 Å². The van der Waals surface area contributed by atoms with Crippen LogP contribution in [0.4, 0.5) is 0 Å². The quantitative estimate of drug-likeness (QED) is 0.909. The van der Waals surface area contributed by atoms with Crippen LogP contribution in [0.5, 0.6) is 0 Å². The Balaban J connectivity index is 1.81. The molecule has 1 aliphatic rings. The molecule has 3 nitrogen and oxygen atoms in total. The molecule has 18 heavy (non-hydrogen) atoms. The van der Waals surface area contributed by atoms with Crippen LogP contribution in [-0.2, 0) is 13.6 Å². The molecule has 1 aromatic heterocycles. The molecule has 0 aliphatic heterocycles. The first-order valence-electron chi connectivity index (χ1n) is 6.96. The zero-order valence-electron chi connectivity index (χ0n) is 11.7. The molecule has 2 rings (SSSR count). The fourth-order valence-corrected chi connectivity index (χ4v) is 3.24. The van der Waals surface area contributed by atoms with E-state index in [1.807, 2.05) is 18.7 Å². The zero-order chi connectivity index (χ0) is 13.1. The third-order valence-corrected chi connectivity index (χ3v) is 4.52. The van der Waals surface area contributed by atoms with Crippen LogP contribution < -0.4 is 5.32 Å². The number of halogens is 1. The van der Waals surface area contributed by atoms with E-state index in [9.17, 15) is 0 Å². The highest BCUT2D eigenvalue weighted by Crippen LogP contribution is 2.28. The molecular weight excluding hydrogens is 246 g/mol. The highest BCUT2D eigenvalue weighted by Gasteiger charge is 2.18. The molecule has 1 aliphatic carbocycles. The molecule has 2 atom stereocenters. The van der Waals surface area contributed by atoms with Crippen molar-refractivity contribution >= 4 is 11.6 Å². The molecule has 4 heteroatoms. The van der Waals surface area contributed by atoms with Gasteiger partial charge in [-0.2, -0.15) is 5.10 Å². The summed E-state index contributed by atoms with van der Waals surface area (Å²) in [4.78, 5) is 0. The first kappa shape index (κ1) is 13.9. The summed E-state index contributed by atoms with van der Waals surface area (Å²) in [6.45, 7) is 6.24. The number of hydrogen-bond donors (Lipinski definition) is 1. The molecule has 1 N–H and O–H groups in total. The monoisotopic (exact) mass is 269 g/mol.